The first kappa shape index (κ1) is 18.9. The smallest absolute Gasteiger partial charge is 0.266 e. The monoisotopic (exact) mass is 352 g/mol. The van der Waals surface area contributed by atoms with Gasteiger partial charge in [0.1, 0.15) is 17.4 Å². The quantitative estimate of drug-likeness (QED) is 0.608. The van der Waals surface area contributed by atoms with E-state index in [1.807, 2.05) is 13.0 Å². The topological polar surface area (TPSA) is 80.6 Å². The van der Waals surface area contributed by atoms with Gasteiger partial charge in [-0.15, -0.1) is 0 Å². The maximum atomic E-state index is 12.4. The Hall–Kier alpha value is -3.46. The fraction of sp³-hybridized carbons (Fsp3) is 0.200. The molecule has 134 valence electrons. The number of nitrogens with zero attached hydrogens (tertiary/aromatic N) is 1. The van der Waals surface area contributed by atoms with Gasteiger partial charge < -0.3 is 19.5 Å². The van der Waals surface area contributed by atoms with E-state index in [4.69, 9.17) is 14.2 Å². The van der Waals surface area contributed by atoms with Gasteiger partial charge in [0.05, 0.1) is 20.8 Å². The van der Waals surface area contributed by atoms with Crippen molar-refractivity contribution in [1.29, 1.82) is 5.26 Å². The molecular weight excluding hydrogens is 332 g/mol. The van der Waals surface area contributed by atoms with Crippen LogP contribution in [0, 0.1) is 11.3 Å². The van der Waals surface area contributed by atoms with E-state index in [0.29, 0.717) is 23.8 Å². The maximum absolute atomic E-state index is 12.4. The van der Waals surface area contributed by atoms with Crippen molar-refractivity contribution in [1.82, 2.24) is 0 Å². The SMILES string of the molecule is CCOc1ccc(/C=C(\C#N)C(=O)Nc2ccc(OC)c(OC)c2)cc1. The summed E-state index contributed by atoms with van der Waals surface area (Å²) in [5, 5.41) is 12.0. The van der Waals surface area contributed by atoms with Crippen LogP contribution in [0.2, 0.25) is 0 Å². The molecule has 6 heteroatoms. The predicted octanol–water partition coefficient (Wildman–Crippen LogP) is 3.65. The molecule has 0 atom stereocenters. The van der Waals surface area contributed by atoms with Gasteiger partial charge in [-0.2, -0.15) is 5.26 Å². The highest BCUT2D eigenvalue weighted by Crippen LogP contribution is 2.29. The molecule has 0 heterocycles. The molecule has 0 spiro atoms. The molecule has 0 bridgehead atoms. The Labute approximate surface area is 152 Å². The van der Waals surface area contributed by atoms with Crippen molar-refractivity contribution in [2.75, 3.05) is 26.1 Å². The Morgan fingerprint density at radius 3 is 2.38 bits per heavy atom. The van der Waals surface area contributed by atoms with Crippen LogP contribution in [0.1, 0.15) is 12.5 Å². The van der Waals surface area contributed by atoms with Gasteiger partial charge >= 0.3 is 0 Å². The fourth-order valence-electron chi connectivity index (χ4n) is 2.25. The van der Waals surface area contributed by atoms with Crippen LogP contribution in [-0.2, 0) is 4.79 Å². The number of nitriles is 1. The standard InChI is InChI=1S/C20H20N2O4/c1-4-26-17-8-5-14(6-9-17)11-15(13-21)20(23)22-16-7-10-18(24-2)19(12-16)25-3/h5-12H,4H2,1-3H3,(H,22,23)/b15-11+. The van der Waals surface area contributed by atoms with Crippen LogP contribution in [0.15, 0.2) is 48.0 Å². The molecule has 1 N–H and O–H groups in total. The first-order valence-electron chi connectivity index (χ1n) is 7.99. The molecule has 0 fully saturated rings. The molecule has 2 rings (SSSR count). The zero-order chi connectivity index (χ0) is 18.9. The number of hydrogen-bond donors (Lipinski definition) is 1. The highest BCUT2D eigenvalue weighted by Gasteiger charge is 2.11. The number of carbonyl (C=O) groups is 1. The van der Waals surface area contributed by atoms with Gasteiger partial charge in [-0.25, -0.2) is 0 Å². The second-order valence-corrected chi connectivity index (χ2v) is 5.20. The summed E-state index contributed by atoms with van der Waals surface area (Å²) in [6.07, 6.45) is 1.52. The van der Waals surface area contributed by atoms with E-state index in [-0.39, 0.29) is 5.57 Å². The van der Waals surface area contributed by atoms with Crippen molar-refractivity contribution in [2.24, 2.45) is 0 Å². The molecule has 6 nitrogen and oxygen atoms in total. The lowest BCUT2D eigenvalue weighted by atomic mass is 10.1. The number of benzene rings is 2. The van der Waals surface area contributed by atoms with E-state index in [9.17, 15) is 10.1 Å². The van der Waals surface area contributed by atoms with Crippen molar-refractivity contribution in [3.05, 3.63) is 53.6 Å². The molecule has 0 aliphatic heterocycles. The summed E-state index contributed by atoms with van der Waals surface area (Å²) < 4.78 is 15.7. The van der Waals surface area contributed by atoms with Crippen LogP contribution in [0.5, 0.6) is 17.2 Å². The normalized spacial score (nSPS) is 10.6. The van der Waals surface area contributed by atoms with E-state index in [1.54, 1.807) is 42.5 Å². The lowest BCUT2D eigenvalue weighted by Gasteiger charge is -2.10. The Bertz CT molecular complexity index is 836. The molecule has 0 saturated heterocycles. The maximum Gasteiger partial charge on any atom is 0.266 e. The Morgan fingerprint density at radius 1 is 1.12 bits per heavy atom. The molecule has 2 aromatic rings. The zero-order valence-electron chi connectivity index (χ0n) is 14.9. The number of carbonyl (C=O) groups excluding carboxylic acids is 1. The van der Waals surface area contributed by atoms with Crippen molar-refractivity contribution >= 4 is 17.7 Å². The number of ether oxygens (including phenoxy) is 3. The fourth-order valence-corrected chi connectivity index (χ4v) is 2.25. The van der Waals surface area contributed by atoms with Crippen LogP contribution < -0.4 is 19.5 Å². The van der Waals surface area contributed by atoms with Gasteiger partial charge in [-0.05, 0) is 42.8 Å². The summed E-state index contributed by atoms with van der Waals surface area (Å²) in [4.78, 5) is 12.4. The molecule has 0 aliphatic carbocycles. The van der Waals surface area contributed by atoms with E-state index < -0.39 is 5.91 Å². The van der Waals surface area contributed by atoms with Crippen LogP contribution in [0.3, 0.4) is 0 Å². The van der Waals surface area contributed by atoms with E-state index >= 15 is 0 Å². The number of methoxy groups -OCH3 is 2. The number of amides is 1. The molecular formula is C20H20N2O4. The lowest BCUT2D eigenvalue weighted by Crippen LogP contribution is -2.13. The molecule has 0 aromatic heterocycles. The van der Waals surface area contributed by atoms with Gasteiger partial charge in [-0.1, -0.05) is 12.1 Å². The molecule has 2 aromatic carbocycles. The molecule has 0 radical (unpaired) electrons. The van der Waals surface area contributed by atoms with E-state index in [1.165, 1.54) is 20.3 Å². The van der Waals surface area contributed by atoms with Crippen molar-refractivity contribution in [3.8, 4) is 23.3 Å². The summed E-state index contributed by atoms with van der Waals surface area (Å²) in [5.41, 5.74) is 1.22. The second kappa shape index (κ2) is 9.14. The highest BCUT2D eigenvalue weighted by atomic mass is 16.5. The number of anilines is 1. The number of nitrogens with one attached hydrogen (secondary N) is 1. The first-order chi connectivity index (χ1) is 12.6. The highest BCUT2D eigenvalue weighted by molar-refractivity contribution is 6.09. The van der Waals surface area contributed by atoms with Gasteiger partial charge in [0.15, 0.2) is 11.5 Å². The van der Waals surface area contributed by atoms with Crippen molar-refractivity contribution in [3.63, 3.8) is 0 Å². The van der Waals surface area contributed by atoms with Gasteiger partial charge in [-0.3, -0.25) is 4.79 Å². The average Bonchev–Trinajstić information content (AvgIpc) is 2.67. The van der Waals surface area contributed by atoms with Gasteiger partial charge in [0, 0.05) is 11.8 Å². The van der Waals surface area contributed by atoms with Crippen LogP contribution in [0.4, 0.5) is 5.69 Å². The Morgan fingerprint density at radius 2 is 1.81 bits per heavy atom. The number of rotatable bonds is 7. The minimum Gasteiger partial charge on any atom is -0.494 e. The third-order valence-corrected chi connectivity index (χ3v) is 3.51. The largest absolute Gasteiger partial charge is 0.494 e. The van der Waals surface area contributed by atoms with Gasteiger partial charge in [0.2, 0.25) is 0 Å². The summed E-state index contributed by atoms with van der Waals surface area (Å²) in [6.45, 7) is 2.48. The summed E-state index contributed by atoms with van der Waals surface area (Å²) >= 11 is 0. The molecule has 0 unspecified atom stereocenters. The first-order valence-corrected chi connectivity index (χ1v) is 7.99. The van der Waals surface area contributed by atoms with Crippen LogP contribution in [0.25, 0.3) is 6.08 Å². The Kier molecular flexibility index (Phi) is 6.63. The predicted molar refractivity (Wildman–Crippen MR) is 99.4 cm³/mol. The minimum atomic E-state index is -0.506. The van der Waals surface area contributed by atoms with Crippen molar-refractivity contribution in [2.45, 2.75) is 6.92 Å². The van der Waals surface area contributed by atoms with Crippen LogP contribution in [-0.4, -0.2) is 26.7 Å². The second-order valence-electron chi connectivity index (χ2n) is 5.20. The molecule has 26 heavy (non-hydrogen) atoms. The third kappa shape index (κ3) is 4.77. The molecule has 1 amide bonds. The third-order valence-electron chi connectivity index (χ3n) is 3.51. The minimum absolute atomic E-state index is 0.0102. The number of hydrogen-bond acceptors (Lipinski definition) is 5. The summed E-state index contributed by atoms with van der Waals surface area (Å²) in [7, 11) is 3.04. The molecule has 0 aliphatic rings. The average molecular weight is 352 g/mol. The van der Waals surface area contributed by atoms with Gasteiger partial charge in [0.25, 0.3) is 5.91 Å². The van der Waals surface area contributed by atoms with Crippen molar-refractivity contribution < 1.29 is 19.0 Å². The summed E-state index contributed by atoms with van der Waals surface area (Å²) in [5.74, 6) is 1.27. The van der Waals surface area contributed by atoms with E-state index in [2.05, 4.69) is 5.32 Å². The lowest BCUT2D eigenvalue weighted by molar-refractivity contribution is -0.112. The van der Waals surface area contributed by atoms with Crippen LogP contribution >= 0.6 is 0 Å². The zero-order valence-corrected chi connectivity index (χ0v) is 14.9. The summed E-state index contributed by atoms with van der Waals surface area (Å²) in [6, 6.07) is 14.0. The Balaban J connectivity index is 2.17. The van der Waals surface area contributed by atoms with E-state index in [0.717, 1.165) is 11.3 Å². The molecule has 0 saturated carbocycles.